The second-order valence-corrected chi connectivity index (χ2v) is 4.90. The Balaban J connectivity index is 1.88. The number of para-hydroxylation sites is 1. The van der Waals surface area contributed by atoms with Crippen LogP contribution in [0.2, 0.25) is 0 Å². The number of anilines is 2. The van der Waals surface area contributed by atoms with Gasteiger partial charge in [0.1, 0.15) is 0 Å². The van der Waals surface area contributed by atoms with Gasteiger partial charge in [0.05, 0.1) is 16.9 Å². The van der Waals surface area contributed by atoms with Crippen molar-refractivity contribution in [3.8, 4) is 0 Å². The van der Waals surface area contributed by atoms with E-state index in [1.165, 1.54) is 25.3 Å². The molecule has 2 rings (SSSR count). The summed E-state index contributed by atoms with van der Waals surface area (Å²) < 4.78 is 0. The van der Waals surface area contributed by atoms with Crippen molar-refractivity contribution in [1.29, 1.82) is 0 Å². The Morgan fingerprint density at radius 3 is 2.74 bits per heavy atom. The maximum atomic E-state index is 11.0. The predicted octanol–water partition coefficient (Wildman–Crippen LogP) is 1.86. The van der Waals surface area contributed by atoms with Crippen molar-refractivity contribution >= 4 is 17.3 Å². The Morgan fingerprint density at radius 1 is 1.32 bits per heavy atom. The number of hydrogen-bond acceptors (Lipinski definition) is 4. The molecule has 0 bridgehead atoms. The minimum Gasteiger partial charge on any atom is -0.478 e. The molecule has 1 aromatic carbocycles. The van der Waals surface area contributed by atoms with Crippen LogP contribution < -0.4 is 11.1 Å². The minimum absolute atomic E-state index is 0.156. The van der Waals surface area contributed by atoms with Crippen LogP contribution in [0.25, 0.3) is 0 Å². The summed E-state index contributed by atoms with van der Waals surface area (Å²) in [4.78, 5) is 13.4. The van der Waals surface area contributed by atoms with Gasteiger partial charge in [-0.15, -0.1) is 0 Å². The first-order valence-electron chi connectivity index (χ1n) is 6.76. The van der Waals surface area contributed by atoms with Crippen molar-refractivity contribution in [3.63, 3.8) is 0 Å². The SMILES string of the molecule is Nc1c(NCCN2CCCCC2)cccc1C(=O)O. The molecule has 1 aliphatic heterocycles. The topological polar surface area (TPSA) is 78.6 Å². The lowest BCUT2D eigenvalue weighted by atomic mass is 10.1. The molecule has 19 heavy (non-hydrogen) atoms. The third-order valence-electron chi connectivity index (χ3n) is 3.53. The molecule has 1 saturated heterocycles. The molecular formula is C14H21N3O2. The van der Waals surface area contributed by atoms with E-state index in [4.69, 9.17) is 10.8 Å². The highest BCUT2D eigenvalue weighted by Crippen LogP contribution is 2.22. The van der Waals surface area contributed by atoms with Crippen LogP contribution in [-0.4, -0.2) is 42.2 Å². The van der Waals surface area contributed by atoms with Gasteiger partial charge in [-0.05, 0) is 38.1 Å². The van der Waals surface area contributed by atoms with Crippen LogP contribution in [0.3, 0.4) is 0 Å². The van der Waals surface area contributed by atoms with Crippen LogP contribution in [0.4, 0.5) is 11.4 Å². The Morgan fingerprint density at radius 2 is 2.05 bits per heavy atom. The Labute approximate surface area is 113 Å². The number of rotatable bonds is 5. The fourth-order valence-corrected chi connectivity index (χ4v) is 2.44. The van der Waals surface area contributed by atoms with E-state index in [2.05, 4.69) is 10.2 Å². The average molecular weight is 263 g/mol. The predicted molar refractivity (Wildman–Crippen MR) is 76.6 cm³/mol. The van der Waals surface area contributed by atoms with E-state index in [9.17, 15) is 4.79 Å². The van der Waals surface area contributed by atoms with E-state index in [-0.39, 0.29) is 5.56 Å². The average Bonchev–Trinajstić information content (AvgIpc) is 2.41. The first-order chi connectivity index (χ1) is 9.18. The van der Waals surface area contributed by atoms with E-state index in [0.29, 0.717) is 11.4 Å². The van der Waals surface area contributed by atoms with E-state index in [0.717, 1.165) is 26.2 Å². The molecule has 1 heterocycles. The molecule has 5 heteroatoms. The lowest BCUT2D eigenvalue weighted by molar-refractivity contribution is 0.0698. The normalized spacial score (nSPS) is 16.2. The number of carboxylic acid groups (broad SMARTS) is 1. The summed E-state index contributed by atoms with van der Waals surface area (Å²) in [5.74, 6) is -0.989. The van der Waals surface area contributed by atoms with Crippen molar-refractivity contribution in [1.82, 2.24) is 4.90 Å². The van der Waals surface area contributed by atoms with Gasteiger partial charge in [0.25, 0.3) is 0 Å². The van der Waals surface area contributed by atoms with Crippen LogP contribution in [-0.2, 0) is 0 Å². The number of nitrogens with zero attached hydrogens (tertiary/aromatic N) is 1. The maximum Gasteiger partial charge on any atom is 0.337 e. The molecule has 0 aliphatic carbocycles. The van der Waals surface area contributed by atoms with E-state index < -0.39 is 5.97 Å². The molecule has 1 fully saturated rings. The molecule has 0 amide bonds. The van der Waals surface area contributed by atoms with Crippen LogP contribution in [0, 0.1) is 0 Å². The van der Waals surface area contributed by atoms with Gasteiger partial charge in [0.15, 0.2) is 0 Å². The van der Waals surface area contributed by atoms with Gasteiger partial charge in [-0.25, -0.2) is 4.79 Å². The number of hydrogen-bond donors (Lipinski definition) is 3. The van der Waals surface area contributed by atoms with Crippen LogP contribution >= 0.6 is 0 Å². The number of nitrogens with one attached hydrogen (secondary N) is 1. The van der Waals surface area contributed by atoms with Crippen LogP contribution in [0.15, 0.2) is 18.2 Å². The van der Waals surface area contributed by atoms with E-state index in [1.54, 1.807) is 6.07 Å². The molecule has 1 aromatic rings. The van der Waals surface area contributed by atoms with Gasteiger partial charge in [-0.2, -0.15) is 0 Å². The number of nitrogens with two attached hydrogens (primary N) is 1. The number of piperidine rings is 1. The lowest BCUT2D eigenvalue weighted by Crippen LogP contribution is -2.33. The van der Waals surface area contributed by atoms with Gasteiger partial charge < -0.3 is 21.1 Å². The number of benzene rings is 1. The summed E-state index contributed by atoms with van der Waals surface area (Å²) in [7, 11) is 0. The smallest absolute Gasteiger partial charge is 0.337 e. The highest BCUT2D eigenvalue weighted by Gasteiger charge is 2.12. The third-order valence-corrected chi connectivity index (χ3v) is 3.53. The molecule has 1 aliphatic rings. The Bertz CT molecular complexity index is 442. The van der Waals surface area contributed by atoms with Gasteiger partial charge >= 0.3 is 5.97 Å². The summed E-state index contributed by atoms with van der Waals surface area (Å²) >= 11 is 0. The molecular weight excluding hydrogens is 242 g/mol. The molecule has 0 saturated carbocycles. The Kier molecular flexibility index (Phi) is 4.63. The van der Waals surface area contributed by atoms with Crippen molar-refractivity contribution in [3.05, 3.63) is 23.8 Å². The highest BCUT2D eigenvalue weighted by atomic mass is 16.4. The minimum atomic E-state index is -0.989. The monoisotopic (exact) mass is 263 g/mol. The molecule has 4 N–H and O–H groups in total. The summed E-state index contributed by atoms with van der Waals surface area (Å²) in [5.41, 5.74) is 7.02. The van der Waals surface area contributed by atoms with E-state index >= 15 is 0 Å². The summed E-state index contributed by atoms with van der Waals surface area (Å²) in [6, 6.07) is 5.05. The number of aromatic carboxylic acids is 1. The quantitative estimate of drug-likeness (QED) is 0.707. The fourth-order valence-electron chi connectivity index (χ4n) is 2.44. The molecule has 0 radical (unpaired) electrons. The number of nitrogen functional groups attached to an aromatic ring is 1. The first kappa shape index (κ1) is 13.7. The van der Waals surface area contributed by atoms with Gasteiger partial charge in [-0.3, -0.25) is 0 Å². The standard InChI is InChI=1S/C14H21N3O2/c15-13-11(14(18)19)5-4-6-12(13)16-7-10-17-8-2-1-3-9-17/h4-6,16H,1-3,7-10,15H2,(H,18,19). The number of carbonyl (C=O) groups is 1. The third kappa shape index (κ3) is 3.61. The van der Waals surface area contributed by atoms with Crippen molar-refractivity contribution in [2.45, 2.75) is 19.3 Å². The van der Waals surface area contributed by atoms with Gasteiger partial charge in [-0.1, -0.05) is 12.5 Å². The second-order valence-electron chi connectivity index (χ2n) is 4.90. The largest absolute Gasteiger partial charge is 0.478 e. The molecule has 0 unspecified atom stereocenters. The zero-order valence-corrected chi connectivity index (χ0v) is 11.1. The molecule has 0 aromatic heterocycles. The zero-order valence-electron chi connectivity index (χ0n) is 11.1. The van der Waals surface area contributed by atoms with Crippen LogP contribution in [0.5, 0.6) is 0 Å². The summed E-state index contributed by atoms with van der Waals surface area (Å²) in [5, 5.41) is 12.2. The van der Waals surface area contributed by atoms with Crippen LogP contribution in [0.1, 0.15) is 29.6 Å². The number of carboxylic acids is 1. The molecule has 0 atom stereocenters. The second kappa shape index (κ2) is 6.43. The van der Waals surface area contributed by atoms with E-state index in [1.807, 2.05) is 6.07 Å². The van der Waals surface area contributed by atoms with Crippen molar-refractivity contribution in [2.24, 2.45) is 0 Å². The lowest BCUT2D eigenvalue weighted by Gasteiger charge is -2.26. The summed E-state index contributed by atoms with van der Waals surface area (Å²) in [6.45, 7) is 4.07. The molecule has 104 valence electrons. The number of likely N-dealkylation sites (tertiary alicyclic amines) is 1. The first-order valence-corrected chi connectivity index (χ1v) is 6.76. The van der Waals surface area contributed by atoms with Crippen molar-refractivity contribution in [2.75, 3.05) is 37.2 Å². The van der Waals surface area contributed by atoms with Gasteiger partial charge in [0.2, 0.25) is 0 Å². The van der Waals surface area contributed by atoms with Gasteiger partial charge in [0, 0.05) is 13.1 Å². The Hall–Kier alpha value is -1.75. The fraction of sp³-hybridized carbons (Fsp3) is 0.500. The van der Waals surface area contributed by atoms with Crippen molar-refractivity contribution < 1.29 is 9.90 Å². The highest BCUT2D eigenvalue weighted by molar-refractivity contribution is 5.97. The maximum absolute atomic E-state index is 11.0. The zero-order chi connectivity index (χ0) is 13.7. The molecule has 5 nitrogen and oxygen atoms in total. The molecule has 0 spiro atoms. The summed E-state index contributed by atoms with van der Waals surface area (Å²) in [6.07, 6.45) is 3.88.